The highest BCUT2D eigenvalue weighted by Gasteiger charge is 2.06. The first-order valence-corrected chi connectivity index (χ1v) is 5.48. The zero-order chi connectivity index (χ0) is 11.5. The maximum Gasteiger partial charge on any atom is 0.140 e. The Hall–Kier alpha value is -1.92. The second-order valence-corrected chi connectivity index (χ2v) is 4.33. The third kappa shape index (κ3) is 1.88. The van der Waals surface area contributed by atoms with Crippen LogP contribution in [0.25, 0.3) is 16.5 Å². The van der Waals surface area contributed by atoms with E-state index in [1.165, 1.54) is 6.07 Å². The van der Waals surface area contributed by atoms with E-state index < -0.39 is 5.82 Å². The summed E-state index contributed by atoms with van der Waals surface area (Å²) in [6.07, 6.45) is 1.77. The van der Waals surface area contributed by atoms with Crippen molar-refractivity contribution in [2.75, 3.05) is 0 Å². The molecule has 0 radical (unpaired) electrons. The second-order valence-electron chi connectivity index (χ2n) is 3.21. The standard InChI is InChI=1S/C13H8FNS/c1-2-11-4-6-13(16-11)9-3-5-12(14)10(7-9)8-15/h2-7H,1H2. The SMILES string of the molecule is C=Cc1ccc(-c2ccc(F)c(C#N)c2)s1. The van der Waals surface area contributed by atoms with Crippen LogP contribution in [0.5, 0.6) is 0 Å². The third-order valence-electron chi connectivity index (χ3n) is 2.20. The molecule has 1 aromatic carbocycles. The molecule has 0 saturated heterocycles. The molecule has 0 aliphatic heterocycles. The van der Waals surface area contributed by atoms with Crippen molar-refractivity contribution in [1.82, 2.24) is 0 Å². The molecule has 0 atom stereocenters. The van der Waals surface area contributed by atoms with Gasteiger partial charge in [-0.05, 0) is 29.8 Å². The van der Waals surface area contributed by atoms with Crippen LogP contribution >= 0.6 is 11.3 Å². The van der Waals surface area contributed by atoms with Crippen molar-refractivity contribution in [2.24, 2.45) is 0 Å². The Morgan fingerprint density at radius 3 is 2.75 bits per heavy atom. The fraction of sp³-hybridized carbons (Fsp3) is 0. The van der Waals surface area contributed by atoms with Gasteiger partial charge < -0.3 is 0 Å². The molecule has 2 rings (SSSR count). The second kappa shape index (κ2) is 4.30. The number of thiophene rings is 1. The molecule has 0 aliphatic carbocycles. The van der Waals surface area contributed by atoms with Gasteiger partial charge in [-0.3, -0.25) is 0 Å². The predicted octanol–water partition coefficient (Wildman–Crippen LogP) is 4.07. The van der Waals surface area contributed by atoms with Crippen LogP contribution in [0.3, 0.4) is 0 Å². The van der Waals surface area contributed by atoms with E-state index in [0.29, 0.717) is 0 Å². The minimum absolute atomic E-state index is 0.0750. The van der Waals surface area contributed by atoms with Gasteiger partial charge in [0.05, 0.1) is 5.56 Å². The van der Waals surface area contributed by atoms with Crippen molar-refractivity contribution in [3.05, 3.63) is 53.2 Å². The van der Waals surface area contributed by atoms with Gasteiger partial charge in [0.2, 0.25) is 0 Å². The van der Waals surface area contributed by atoms with Crippen LogP contribution in [-0.2, 0) is 0 Å². The number of hydrogen-bond acceptors (Lipinski definition) is 2. The average molecular weight is 229 g/mol. The third-order valence-corrected chi connectivity index (χ3v) is 3.33. The molecule has 3 heteroatoms. The van der Waals surface area contributed by atoms with E-state index in [-0.39, 0.29) is 5.56 Å². The first-order chi connectivity index (χ1) is 7.74. The summed E-state index contributed by atoms with van der Waals surface area (Å²) in [6.45, 7) is 3.68. The number of rotatable bonds is 2. The van der Waals surface area contributed by atoms with Gasteiger partial charge in [0.1, 0.15) is 11.9 Å². The van der Waals surface area contributed by atoms with E-state index in [1.807, 2.05) is 18.2 Å². The summed E-state index contributed by atoms with van der Waals surface area (Å²) in [6, 6.07) is 10.3. The number of hydrogen-bond donors (Lipinski definition) is 0. The van der Waals surface area contributed by atoms with Crippen LogP contribution in [0.2, 0.25) is 0 Å². The molecule has 2 aromatic rings. The van der Waals surface area contributed by atoms with E-state index in [2.05, 4.69) is 6.58 Å². The maximum atomic E-state index is 13.1. The first kappa shape index (κ1) is 10.6. The van der Waals surface area contributed by atoms with Gasteiger partial charge in [-0.15, -0.1) is 11.3 Å². The molecule has 1 aromatic heterocycles. The Balaban J connectivity index is 2.48. The van der Waals surface area contributed by atoms with Gasteiger partial charge in [-0.25, -0.2) is 4.39 Å². The molecule has 0 saturated carbocycles. The summed E-state index contributed by atoms with van der Waals surface area (Å²) in [7, 11) is 0. The van der Waals surface area contributed by atoms with Crippen molar-refractivity contribution in [3.63, 3.8) is 0 Å². The van der Waals surface area contributed by atoms with Crippen LogP contribution in [0.1, 0.15) is 10.4 Å². The monoisotopic (exact) mass is 229 g/mol. The minimum Gasteiger partial charge on any atom is -0.206 e. The van der Waals surface area contributed by atoms with E-state index in [9.17, 15) is 4.39 Å². The smallest absolute Gasteiger partial charge is 0.140 e. The molecule has 1 heterocycles. The van der Waals surface area contributed by atoms with Gasteiger partial charge in [-0.2, -0.15) is 5.26 Å². The van der Waals surface area contributed by atoms with Crippen molar-refractivity contribution >= 4 is 17.4 Å². The van der Waals surface area contributed by atoms with Crippen LogP contribution in [-0.4, -0.2) is 0 Å². The average Bonchev–Trinajstić information content (AvgIpc) is 2.78. The molecular weight excluding hydrogens is 221 g/mol. The van der Waals surface area contributed by atoms with E-state index in [4.69, 9.17) is 5.26 Å². The maximum absolute atomic E-state index is 13.1. The minimum atomic E-state index is -0.480. The normalized spacial score (nSPS) is 9.75. The predicted molar refractivity (Wildman–Crippen MR) is 64.5 cm³/mol. The summed E-state index contributed by atoms with van der Waals surface area (Å²) in [5.41, 5.74) is 0.933. The summed E-state index contributed by atoms with van der Waals surface area (Å²) in [5, 5.41) is 8.74. The quantitative estimate of drug-likeness (QED) is 0.761. The van der Waals surface area contributed by atoms with Gasteiger partial charge in [-0.1, -0.05) is 18.7 Å². The lowest BCUT2D eigenvalue weighted by molar-refractivity contribution is 0.624. The van der Waals surface area contributed by atoms with Crippen LogP contribution in [0, 0.1) is 17.1 Å². The molecule has 1 nitrogen and oxygen atoms in total. The number of halogens is 1. The summed E-state index contributed by atoms with van der Waals surface area (Å²) < 4.78 is 13.1. The molecule has 0 unspecified atom stereocenters. The van der Waals surface area contributed by atoms with E-state index in [1.54, 1.807) is 29.5 Å². The Kier molecular flexibility index (Phi) is 2.84. The molecule has 0 spiro atoms. The highest BCUT2D eigenvalue weighted by atomic mass is 32.1. The Morgan fingerprint density at radius 1 is 1.31 bits per heavy atom. The summed E-state index contributed by atoms with van der Waals surface area (Å²) in [4.78, 5) is 2.06. The fourth-order valence-corrected chi connectivity index (χ4v) is 2.24. The molecule has 0 amide bonds. The molecule has 0 bridgehead atoms. The Morgan fingerprint density at radius 2 is 2.12 bits per heavy atom. The van der Waals surface area contributed by atoms with Crippen molar-refractivity contribution in [2.45, 2.75) is 0 Å². The van der Waals surface area contributed by atoms with Crippen LogP contribution in [0.15, 0.2) is 36.9 Å². The van der Waals surface area contributed by atoms with E-state index in [0.717, 1.165) is 15.3 Å². The van der Waals surface area contributed by atoms with Gasteiger partial charge >= 0.3 is 0 Å². The summed E-state index contributed by atoms with van der Waals surface area (Å²) in [5.74, 6) is -0.480. The topological polar surface area (TPSA) is 23.8 Å². The van der Waals surface area contributed by atoms with Gasteiger partial charge in [0.15, 0.2) is 0 Å². The van der Waals surface area contributed by atoms with Crippen molar-refractivity contribution < 1.29 is 4.39 Å². The van der Waals surface area contributed by atoms with Crippen molar-refractivity contribution in [1.29, 1.82) is 5.26 Å². The largest absolute Gasteiger partial charge is 0.206 e. The zero-order valence-corrected chi connectivity index (χ0v) is 9.22. The fourth-order valence-electron chi connectivity index (χ4n) is 1.38. The summed E-state index contributed by atoms with van der Waals surface area (Å²) >= 11 is 1.56. The number of nitriles is 1. The lowest BCUT2D eigenvalue weighted by atomic mass is 10.1. The molecule has 0 N–H and O–H groups in total. The van der Waals surface area contributed by atoms with E-state index >= 15 is 0 Å². The van der Waals surface area contributed by atoms with Gasteiger partial charge in [0.25, 0.3) is 0 Å². The van der Waals surface area contributed by atoms with Gasteiger partial charge in [0, 0.05) is 9.75 Å². The van der Waals surface area contributed by atoms with Crippen LogP contribution in [0.4, 0.5) is 4.39 Å². The Labute approximate surface area is 97.1 Å². The highest BCUT2D eigenvalue weighted by molar-refractivity contribution is 7.16. The molecule has 78 valence electrons. The molecule has 16 heavy (non-hydrogen) atoms. The molecule has 0 fully saturated rings. The highest BCUT2D eigenvalue weighted by Crippen LogP contribution is 2.29. The zero-order valence-electron chi connectivity index (χ0n) is 8.40. The first-order valence-electron chi connectivity index (χ1n) is 4.67. The van der Waals surface area contributed by atoms with Crippen LogP contribution < -0.4 is 0 Å². The lowest BCUT2D eigenvalue weighted by Gasteiger charge is -1.98. The van der Waals surface area contributed by atoms with Crippen molar-refractivity contribution in [3.8, 4) is 16.5 Å². The lowest BCUT2D eigenvalue weighted by Crippen LogP contribution is -1.83. The number of benzene rings is 1. The molecule has 0 aliphatic rings. The number of nitrogens with zero attached hydrogens (tertiary/aromatic N) is 1. The molecular formula is C13H8FNS. The Bertz CT molecular complexity index is 578.